The molecule has 3 rings (SSSR count). The van der Waals surface area contributed by atoms with Crippen LogP contribution in [0.1, 0.15) is 12.8 Å². The van der Waals surface area contributed by atoms with Gasteiger partial charge in [0.1, 0.15) is 5.69 Å². The zero-order chi connectivity index (χ0) is 15.7. The van der Waals surface area contributed by atoms with E-state index < -0.39 is 4.92 Å². The quantitative estimate of drug-likeness (QED) is 0.643. The molecule has 7 heteroatoms. The molecule has 1 saturated carbocycles. The van der Waals surface area contributed by atoms with Crippen LogP contribution in [0.5, 0.6) is 0 Å². The number of fused-ring (bicyclic) bond motifs is 1. The van der Waals surface area contributed by atoms with Crippen molar-refractivity contribution in [3.63, 3.8) is 0 Å². The van der Waals surface area contributed by atoms with Crippen LogP contribution in [0.15, 0.2) is 24.3 Å². The predicted octanol–water partition coefficient (Wildman–Crippen LogP) is 1.20. The first kappa shape index (κ1) is 14.8. The Morgan fingerprint density at radius 3 is 2.86 bits per heavy atom. The smallest absolute Gasteiger partial charge is 0.292 e. The molecule has 3 N–H and O–H groups in total. The van der Waals surface area contributed by atoms with Crippen LogP contribution in [0, 0.1) is 22.0 Å². The largest absolute Gasteiger partial charge is 0.371 e. The van der Waals surface area contributed by atoms with E-state index in [4.69, 9.17) is 5.73 Å². The number of nitrogens with one attached hydrogen (secondary N) is 1. The van der Waals surface area contributed by atoms with Crippen molar-refractivity contribution in [3.05, 3.63) is 34.4 Å². The van der Waals surface area contributed by atoms with Crippen molar-refractivity contribution in [1.82, 2.24) is 4.90 Å². The number of carbonyl (C=O) groups excluding carboxylic acids is 1. The lowest BCUT2D eigenvalue weighted by Crippen LogP contribution is -2.36. The number of nitro benzene ring substituents is 1. The Bertz CT molecular complexity index is 592. The molecule has 0 radical (unpaired) electrons. The summed E-state index contributed by atoms with van der Waals surface area (Å²) in [7, 11) is 0. The summed E-state index contributed by atoms with van der Waals surface area (Å²) in [6, 6.07) is 6.55. The van der Waals surface area contributed by atoms with Gasteiger partial charge in [-0.2, -0.15) is 0 Å². The molecule has 0 aromatic heterocycles. The number of likely N-dealkylation sites (tertiary alicyclic amines) is 1. The highest BCUT2D eigenvalue weighted by Gasteiger charge is 2.42. The van der Waals surface area contributed by atoms with E-state index in [0.717, 1.165) is 19.4 Å². The third-order valence-corrected chi connectivity index (χ3v) is 4.80. The van der Waals surface area contributed by atoms with Gasteiger partial charge in [-0.25, -0.2) is 0 Å². The topological polar surface area (TPSA) is 102 Å². The standard InChI is InChI=1S/C15H20N4O3/c16-12-6-5-10-8-18(9-11(10)12)15(20)7-17-13-3-1-2-4-14(13)19(21)22/h1-4,10-12,17H,5-9,16H2. The summed E-state index contributed by atoms with van der Waals surface area (Å²) in [4.78, 5) is 24.6. The fourth-order valence-corrected chi connectivity index (χ4v) is 3.58. The van der Waals surface area contributed by atoms with E-state index in [2.05, 4.69) is 5.32 Å². The zero-order valence-corrected chi connectivity index (χ0v) is 12.3. The van der Waals surface area contributed by atoms with E-state index >= 15 is 0 Å². The van der Waals surface area contributed by atoms with Gasteiger partial charge < -0.3 is 16.0 Å². The van der Waals surface area contributed by atoms with Crippen LogP contribution in [0.4, 0.5) is 11.4 Å². The van der Waals surface area contributed by atoms with Gasteiger partial charge in [0.05, 0.1) is 11.5 Å². The lowest BCUT2D eigenvalue weighted by atomic mass is 9.98. The zero-order valence-electron chi connectivity index (χ0n) is 12.3. The first-order valence-corrected chi connectivity index (χ1v) is 7.57. The second-order valence-corrected chi connectivity index (χ2v) is 6.09. The number of amides is 1. The molecule has 1 aliphatic carbocycles. The minimum absolute atomic E-state index is 0.0180. The van der Waals surface area contributed by atoms with Gasteiger partial charge in [-0.05, 0) is 30.7 Å². The number of nitrogens with two attached hydrogens (primary N) is 1. The number of nitro groups is 1. The molecule has 2 fully saturated rings. The fourth-order valence-electron chi connectivity index (χ4n) is 3.58. The van der Waals surface area contributed by atoms with Gasteiger partial charge in [-0.3, -0.25) is 14.9 Å². The second-order valence-electron chi connectivity index (χ2n) is 6.09. The van der Waals surface area contributed by atoms with Gasteiger partial charge in [0.25, 0.3) is 5.69 Å². The van der Waals surface area contributed by atoms with Gasteiger partial charge in [0.15, 0.2) is 0 Å². The number of nitrogens with zero attached hydrogens (tertiary/aromatic N) is 2. The summed E-state index contributed by atoms with van der Waals surface area (Å²) >= 11 is 0. The lowest BCUT2D eigenvalue weighted by molar-refractivity contribution is -0.383. The van der Waals surface area contributed by atoms with E-state index in [1.165, 1.54) is 6.07 Å². The monoisotopic (exact) mass is 304 g/mol. The number of hydrogen-bond donors (Lipinski definition) is 2. The maximum absolute atomic E-state index is 12.3. The highest BCUT2D eigenvalue weighted by Crippen LogP contribution is 2.37. The lowest BCUT2D eigenvalue weighted by Gasteiger charge is -2.19. The van der Waals surface area contributed by atoms with Crippen molar-refractivity contribution in [3.8, 4) is 0 Å². The molecule has 0 spiro atoms. The predicted molar refractivity (Wildman–Crippen MR) is 82.4 cm³/mol. The van der Waals surface area contributed by atoms with Crippen LogP contribution < -0.4 is 11.1 Å². The highest BCUT2D eigenvalue weighted by molar-refractivity contribution is 5.82. The average molecular weight is 304 g/mol. The van der Waals surface area contributed by atoms with Gasteiger partial charge >= 0.3 is 0 Å². The molecule has 2 aliphatic rings. The number of hydrogen-bond acceptors (Lipinski definition) is 5. The molecule has 1 aromatic rings. The van der Waals surface area contributed by atoms with E-state index in [0.29, 0.717) is 24.1 Å². The maximum atomic E-state index is 12.3. The number of anilines is 1. The fraction of sp³-hybridized carbons (Fsp3) is 0.533. The van der Waals surface area contributed by atoms with Crippen LogP contribution >= 0.6 is 0 Å². The molecule has 1 aromatic carbocycles. The number of rotatable bonds is 4. The molecular formula is C15H20N4O3. The van der Waals surface area contributed by atoms with E-state index in [-0.39, 0.29) is 24.2 Å². The molecular weight excluding hydrogens is 284 g/mol. The number of carbonyl (C=O) groups is 1. The van der Waals surface area contributed by atoms with Crippen molar-refractivity contribution in [2.24, 2.45) is 17.6 Å². The third kappa shape index (κ3) is 2.76. The minimum atomic E-state index is -0.452. The third-order valence-electron chi connectivity index (χ3n) is 4.80. The first-order chi connectivity index (χ1) is 10.6. The molecule has 7 nitrogen and oxygen atoms in total. The first-order valence-electron chi connectivity index (χ1n) is 7.57. The van der Waals surface area contributed by atoms with Crippen LogP contribution in [0.3, 0.4) is 0 Å². The average Bonchev–Trinajstić information content (AvgIpc) is 3.07. The van der Waals surface area contributed by atoms with Gasteiger partial charge in [0.2, 0.25) is 5.91 Å². The SMILES string of the molecule is NC1CCC2CN(C(=O)CNc3ccccc3[N+](=O)[O-])CC12. The second kappa shape index (κ2) is 5.92. The molecule has 3 atom stereocenters. The van der Waals surface area contributed by atoms with Crippen LogP contribution in [-0.2, 0) is 4.79 Å². The molecule has 1 heterocycles. The Labute approximate surface area is 128 Å². The van der Waals surface area contributed by atoms with Crippen molar-refractivity contribution < 1.29 is 9.72 Å². The molecule has 118 valence electrons. The molecule has 1 aliphatic heterocycles. The van der Waals surface area contributed by atoms with Crippen molar-refractivity contribution in [2.45, 2.75) is 18.9 Å². The molecule has 22 heavy (non-hydrogen) atoms. The van der Waals surface area contributed by atoms with Crippen molar-refractivity contribution in [1.29, 1.82) is 0 Å². The Kier molecular flexibility index (Phi) is 3.98. The van der Waals surface area contributed by atoms with Gasteiger partial charge in [0, 0.05) is 25.2 Å². The van der Waals surface area contributed by atoms with Gasteiger partial charge in [-0.1, -0.05) is 12.1 Å². The summed E-state index contributed by atoms with van der Waals surface area (Å²) in [6.45, 7) is 1.54. The summed E-state index contributed by atoms with van der Waals surface area (Å²) in [6.07, 6.45) is 2.14. The highest BCUT2D eigenvalue weighted by atomic mass is 16.6. The van der Waals surface area contributed by atoms with Crippen LogP contribution in [0.25, 0.3) is 0 Å². The molecule has 3 unspecified atom stereocenters. The Morgan fingerprint density at radius 1 is 1.36 bits per heavy atom. The molecule has 1 amide bonds. The minimum Gasteiger partial charge on any atom is -0.371 e. The Morgan fingerprint density at radius 2 is 2.14 bits per heavy atom. The maximum Gasteiger partial charge on any atom is 0.292 e. The van der Waals surface area contributed by atoms with Gasteiger partial charge in [-0.15, -0.1) is 0 Å². The van der Waals surface area contributed by atoms with E-state index in [9.17, 15) is 14.9 Å². The Hall–Kier alpha value is -2.15. The normalized spacial score (nSPS) is 26.8. The summed E-state index contributed by atoms with van der Waals surface area (Å²) in [5.41, 5.74) is 6.43. The van der Waals surface area contributed by atoms with Crippen LogP contribution in [0.2, 0.25) is 0 Å². The number of benzene rings is 1. The van der Waals surface area contributed by atoms with E-state index in [1.807, 2.05) is 4.90 Å². The van der Waals surface area contributed by atoms with Crippen LogP contribution in [-0.4, -0.2) is 41.4 Å². The molecule has 0 bridgehead atoms. The molecule has 1 saturated heterocycles. The van der Waals surface area contributed by atoms with E-state index in [1.54, 1.807) is 18.2 Å². The summed E-state index contributed by atoms with van der Waals surface area (Å²) < 4.78 is 0. The number of para-hydroxylation sites is 2. The Balaban J connectivity index is 1.59. The summed E-state index contributed by atoms with van der Waals surface area (Å²) in [5.74, 6) is 0.903. The van der Waals surface area contributed by atoms with Crippen molar-refractivity contribution >= 4 is 17.3 Å². The van der Waals surface area contributed by atoms with Crippen molar-refractivity contribution in [2.75, 3.05) is 25.0 Å². The summed E-state index contributed by atoms with van der Waals surface area (Å²) in [5, 5.41) is 13.8.